The summed E-state index contributed by atoms with van der Waals surface area (Å²) in [7, 11) is 0. The van der Waals surface area contributed by atoms with Crippen LogP contribution in [-0.2, 0) is 27.5 Å². The van der Waals surface area contributed by atoms with Crippen molar-refractivity contribution in [3.05, 3.63) is 23.0 Å². The summed E-state index contributed by atoms with van der Waals surface area (Å²) < 4.78 is 83.4. The van der Waals surface area contributed by atoms with Gasteiger partial charge in [-0.15, -0.1) is 13.2 Å². The quantitative estimate of drug-likeness (QED) is 0.419. The van der Waals surface area contributed by atoms with Crippen molar-refractivity contribution in [3.8, 4) is 5.75 Å². The molecule has 0 aliphatic rings. The highest BCUT2D eigenvalue weighted by Gasteiger charge is 2.41. The van der Waals surface area contributed by atoms with Crippen LogP contribution >= 0.6 is 15.9 Å². The molecule has 23 heavy (non-hydrogen) atoms. The van der Waals surface area contributed by atoms with E-state index >= 15 is 0 Å². The number of esters is 1. The van der Waals surface area contributed by atoms with Gasteiger partial charge in [-0.3, -0.25) is 4.79 Å². The lowest BCUT2D eigenvalue weighted by Crippen LogP contribution is -2.22. The van der Waals surface area contributed by atoms with Gasteiger partial charge in [-0.25, -0.2) is 4.98 Å². The van der Waals surface area contributed by atoms with Crippen LogP contribution in [0.3, 0.4) is 0 Å². The second-order valence-corrected chi connectivity index (χ2v) is 4.66. The maximum Gasteiger partial charge on any atom is 0.573 e. The first kappa shape index (κ1) is 19.5. The summed E-state index contributed by atoms with van der Waals surface area (Å²) in [5, 5.41) is -0.197. The summed E-state index contributed by atoms with van der Waals surface area (Å²) in [6.07, 6.45) is -11.0. The van der Waals surface area contributed by atoms with Crippen LogP contribution in [0.2, 0.25) is 0 Å². The molecule has 0 spiro atoms. The summed E-state index contributed by atoms with van der Waals surface area (Å²) in [5.74, 6) is -2.33. The maximum absolute atomic E-state index is 12.8. The van der Waals surface area contributed by atoms with E-state index in [9.17, 15) is 31.1 Å². The number of nitrogens with zero attached hydrogens (tertiary/aromatic N) is 1. The largest absolute Gasteiger partial charge is 0.573 e. The topological polar surface area (TPSA) is 48.4 Å². The number of aromatic nitrogens is 1. The molecule has 1 heterocycles. The summed E-state index contributed by atoms with van der Waals surface area (Å²) in [5.41, 5.74) is -2.22. The van der Waals surface area contributed by atoms with Crippen LogP contribution < -0.4 is 4.74 Å². The Kier molecular flexibility index (Phi) is 6.25. The summed E-state index contributed by atoms with van der Waals surface area (Å²) in [6.45, 7) is 1.52. The number of halogens is 7. The van der Waals surface area contributed by atoms with Gasteiger partial charge in [0, 0.05) is 5.33 Å². The summed E-state index contributed by atoms with van der Waals surface area (Å²) in [4.78, 5) is 14.6. The van der Waals surface area contributed by atoms with Crippen molar-refractivity contribution in [2.45, 2.75) is 31.2 Å². The van der Waals surface area contributed by atoms with Crippen LogP contribution in [0.25, 0.3) is 0 Å². The van der Waals surface area contributed by atoms with Gasteiger partial charge < -0.3 is 9.47 Å². The first-order chi connectivity index (χ1) is 10.5. The van der Waals surface area contributed by atoms with Crippen molar-refractivity contribution in [1.82, 2.24) is 4.98 Å². The Morgan fingerprint density at radius 1 is 1.26 bits per heavy atom. The zero-order valence-corrected chi connectivity index (χ0v) is 13.1. The number of rotatable bonds is 5. The number of carbonyl (C=O) groups excluding carboxylic acids is 1. The Morgan fingerprint density at radius 2 is 1.87 bits per heavy atom. The Hall–Kier alpha value is -1.52. The van der Waals surface area contributed by atoms with Crippen LogP contribution in [0.15, 0.2) is 6.07 Å². The molecule has 0 aliphatic carbocycles. The van der Waals surface area contributed by atoms with E-state index in [0.29, 0.717) is 6.07 Å². The van der Waals surface area contributed by atoms with Crippen LogP contribution in [0.4, 0.5) is 26.3 Å². The number of hydrogen-bond donors (Lipinski definition) is 0. The second kappa shape index (κ2) is 7.37. The van der Waals surface area contributed by atoms with Crippen molar-refractivity contribution in [1.29, 1.82) is 0 Å². The molecule has 1 rings (SSSR count). The molecule has 1 aromatic heterocycles. The van der Waals surface area contributed by atoms with E-state index in [4.69, 9.17) is 0 Å². The normalized spacial score (nSPS) is 12.2. The van der Waals surface area contributed by atoms with Crippen LogP contribution in [-0.4, -0.2) is 23.9 Å². The van der Waals surface area contributed by atoms with Crippen molar-refractivity contribution >= 4 is 21.9 Å². The van der Waals surface area contributed by atoms with E-state index in [2.05, 4.69) is 30.4 Å². The molecule has 11 heteroatoms. The molecule has 0 bridgehead atoms. The maximum atomic E-state index is 12.8. The molecular formula is C12H10BrF6NO3. The smallest absolute Gasteiger partial charge is 0.466 e. The second-order valence-electron chi connectivity index (χ2n) is 4.10. The van der Waals surface area contributed by atoms with E-state index in [1.807, 2.05) is 0 Å². The average molecular weight is 410 g/mol. The molecule has 0 fully saturated rings. The molecule has 0 saturated heterocycles. The summed E-state index contributed by atoms with van der Waals surface area (Å²) >= 11 is 2.88. The number of hydrogen-bond acceptors (Lipinski definition) is 4. The van der Waals surface area contributed by atoms with Crippen LogP contribution in [0, 0.1) is 0 Å². The molecule has 0 saturated carbocycles. The Balaban J connectivity index is 3.36. The minimum atomic E-state index is -5.33. The van der Waals surface area contributed by atoms with Gasteiger partial charge in [0.05, 0.1) is 18.7 Å². The van der Waals surface area contributed by atoms with Crippen molar-refractivity contribution in [3.63, 3.8) is 0 Å². The predicted octanol–water partition coefficient (Wildman–Crippen LogP) is 4.00. The number of alkyl halides is 7. The van der Waals surface area contributed by atoms with Gasteiger partial charge in [-0.1, -0.05) is 15.9 Å². The van der Waals surface area contributed by atoms with Gasteiger partial charge in [0.1, 0.15) is 0 Å². The molecule has 0 amide bonds. The van der Waals surface area contributed by atoms with Crippen LogP contribution in [0.5, 0.6) is 5.75 Å². The number of pyridine rings is 1. The number of carbonyl (C=O) groups is 1. The summed E-state index contributed by atoms with van der Waals surface area (Å²) in [6, 6.07) is 0.497. The van der Waals surface area contributed by atoms with Gasteiger partial charge in [0.25, 0.3) is 0 Å². The van der Waals surface area contributed by atoms with Crippen molar-refractivity contribution < 1.29 is 40.6 Å². The molecule has 130 valence electrons. The van der Waals surface area contributed by atoms with E-state index in [1.165, 1.54) is 6.92 Å². The monoisotopic (exact) mass is 409 g/mol. The Labute approximate surface area is 134 Å². The average Bonchev–Trinajstić information content (AvgIpc) is 2.35. The van der Waals surface area contributed by atoms with Gasteiger partial charge in [-0.05, 0) is 18.6 Å². The molecule has 0 aliphatic heterocycles. The zero-order valence-electron chi connectivity index (χ0n) is 11.5. The highest BCUT2D eigenvalue weighted by molar-refractivity contribution is 9.08. The fourth-order valence-electron chi connectivity index (χ4n) is 1.61. The van der Waals surface area contributed by atoms with Crippen molar-refractivity contribution in [2.24, 2.45) is 0 Å². The third kappa shape index (κ3) is 5.88. The lowest BCUT2D eigenvalue weighted by molar-refractivity contribution is -0.276. The lowest BCUT2D eigenvalue weighted by atomic mass is 10.1. The molecule has 1 aromatic rings. The minimum absolute atomic E-state index is 0.0163. The molecule has 4 nitrogen and oxygen atoms in total. The van der Waals surface area contributed by atoms with Gasteiger partial charge in [-0.2, -0.15) is 13.2 Å². The Bertz CT molecular complexity index is 573. The SMILES string of the molecule is CCOC(=O)Cc1cc(OC(F)(F)F)c(C(F)(F)F)nc1CBr. The first-order valence-electron chi connectivity index (χ1n) is 6.05. The van der Waals surface area contributed by atoms with Gasteiger partial charge in [0.15, 0.2) is 11.4 Å². The number of ether oxygens (including phenoxy) is 2. The third-order valence-electron chi connectivity index (χ3n) is 2.42. The van der Waals surface area contributed by atoms with Gasteiger partial charge in [0.2, 0.25) is 0 Å². The molecule has 0 N–H and O–H groups in total. The van der Waals surface area contributed by atoms with E-state index < -0.39 is 36.4 Å². The minimum Gasteiger partial charge on any atom is -0.466 e. The third-order valence-corrected chi connectivity index (χ3v) is 2.95. The first-order valence-corrected chi connectivity index (χ1v) is 7.17. The van der Waals surface area contributed by atoms with E-state index in [-0.39, 0.29) is 23.2 Å². The lowest BCUT2D eigenvalue weighted by Gasteiger charge is -2.17. The van der Waals surface area contributed by atoms with E-state index in [1.54, 1.807) is 0 Å². The molecule has 0 atom stereocenters. The van der Waals surface area contributed by atoms with E-state index in [0.717, 1.165) is 0 Å². The van der Waals surface area contributed by atoms with Gasteiger partial charge >= 0.3 is 18.5 Å². The Morgan fingerprint density at radius 3 is 2.30 bits per heavy atom. The van der Waals surface area contributed by atoms with Crippen LogP contribution in [0.1, 0.15) is 23.9 Å². The van der Waals surface area contributed by atoms with Crippen molar-refractivity contribution in [2.75, 3.05) is 6.61 Å². The highest BCUT2D eigenvalue weighted by Crippen LogP contribution is 2.38. The molecule has 0 radical (unpaired) electrons. The molecule has 0 unspecified atom stereocenters. The molecule has 0 aromatic carbocycles. The zero-order chi connectivity index (χ0) is 17.8. The predicted molar refractivity (Wildman–Crippen MR) is 68.9 cm³/mol. The fourth-order valence-corrected chi connectivity index (χ4v) is 2.10. The highest BCUT2D eigenvalue weighted by atomic mass is 79.9. The molecular weight excluding hydrogens is 400 g/mol. The standard InChI is InChI=1S/C12H10BrF6NO3/c1-2-22-9(21)4-6-3-8(23-12(17,18)19)10(11(14,15)16)20-7(6)5-13/h3H,2,4-5H2,1H3. The fraction of sp³-hybridized carbons (Fsp3) is 0.500.